The van der Waals surface area contributed by atoms with Gasteiger partial charge in [-0.25, -0.2) is 4.98 Å². The zero-order valence-electron chi connectivity index (χ0n) is 18.8. The number of hydrogen-bond acceptors (Lipinski definition) is 6. The molecule has 8 nitrogen and oxygen atoms in total. The van der Waals surface area contributed by atoms with E-state index in [1.54, 1.807) is 12.4 Å². The second-order valence-corrected chi connectivity index (χ2v) is 8.58. The summed E-state index contributed by atoms with van der Waals surface area (Å²) < 4.78 is 5.97. The Kier molecular flexibility index (Phi) is 6.51. The number of nitrogens with one attached hydrogen (secondary N) is 2. The maximum absolute atomic E-state index is 11.4. The number of ether oxygens (including phenoxy) is 1. The number of aliphatic hydroxyl groups is 1. The smallest absolute Gasteiger partial charge is 0.245 e. The Labute approximate surface area is 197 Å². The van der Waals surface area contributed by atoms with Crippen LogP contribution in [0.1, 0.15) is 18.4 Å². The molecule has 0 radical (unpaired) electrons. The number of aromatic nitrogens is 3. The van der Waals surface area contributed by atoms with Crippen molar-refractivity contribution in [2.24, 2.45) is 0 Å². The van der Waals surface area contributed by atoms with Gasteiger partial charge in [0.15, 0.2) is 0 Å². The number of pyridine rings is 1. The first-order valence-electron chi connectivity index (χ1n) is 11.5. The first kappa shape index (κ1) is 22.1. The van der Waals surface area contributed by atoms with E-state index in [2.05, 4.69) is 49.7 Å². The predicted octanol–water partition coefficient (Wildman–Crippen LogP) is 3.49. The molecule has 174 valence electrons. The Morgan fingerprint density at radius 3 is 2.65 bits per heavy atom. The Bertz CT molecular complexity index is 1250. The van der Waals surface area contributed by atoms with Crippen LogP contribution >= 0.6 is 0 Å². The standard InChI is InChI=1S/C26H27N5O3/c32-17-25(33)29-22-8-11-31(12-9-22)16-18-1-2-20-14-23(5-3-19(20)13-18)34-26-6-4-21(15-27-26)24-7-10-28-30-24/h1-7,10,13-15,22,32H,8-9,11-12,16-17H2,(H,28,30)(H,29,33). The van der Waals surface area contributed by atoms with Gasteiger partial charge in [-0.2, -0.15) is 5.10 Å². The van der Waals surface area contributed by atoms with E-state index in [4.69, 9.17) is 9.84 Å². The van der Waals surface area contributed by atoms with Crippen molar-refractivity contribution in [3.63, 3.8) is 0 Å². The third kappa shape index (κ3) is 5.24. The molecule has 4 aromatic rings. The molecule has 8 heteroatoms. The van der Waals surface area contributed by atoms with Crippen molar-refractivity contribution >= 4 is 16.7 Å². The lowest BCUT2D eigenvalue weighted by Crippen LogP contribution is -2.45. The lowest BCUT2D eigenvalue weighted by molar-refractivity contribution is -0.124. The van der Waals surface area contributed by atoms with Gasteiger partial charge in [0.2, 0.25) is 11.8 Å². The lowest BCUT2D eigenvalue weighted by atomic mass is 10.0. The summed E-state index contributed by atoms with van der Waals surface area (Å²) >= 11 is 0. The molecule has 0 unspecified atom stereocenters. The third-order valence-electron chi connectivity index (χ3n) is 6.15. The van der Waals surface area contributed by atoms with E-state index in [9.17, 15) is 4.79 Å². The monoisotopic (exact) mass is 457 g/mol. The maximum atomic E-state index is 11.4. The van der Waals surface area contributed by atoms with E-state index in [0.717, 1.165) is 60.3 Å². The molecule has 0 aliphatic carbocycles. The highest BCUT2D eigenvalue weighted by molar-refractivity contribution is 5.84. The van der Waals surface area contributed by atoms with Crippen LogP contribution in [0.4, 0.5) is 0 Å². The molecule has 1 fully saturated rings. The van der Waals surface area contributed by atoms with Crippen LogP contribution in [0.15, 0.2) is 67.0 Å². The molecule has 3 N–H and O–H groups in total. The van der Waals surface area contributed by atoms with Gasteiger partial charge in [0.25, 0.3) is 0 Å². The van der Waals surface area contributed by atoms with Crippen molar-refractivity contribution in [2.75, 3.05) is 19.7 Å². The third-order valence-corrected chi connectivity index (χ3v) is 6.15. The molecular weight excluding hydrogens is 430 g/mol. The largest absolute Gasteiger partial charge is 0.439 e. The Morgan fingerprint density at radius 1 is 1.09 bits per heavy atom. The summed E-state index contributed by atoms with van der Waals surface area (Å²) in [6.07, 6.45) is 5.27. The van der Waals surface area contributed by atoms with Gasteiger partial charge in [-0.3, -0.25) is 14.8 Å². The molecule has 0 bridgehead atoms. The summed E-state index contributed by atoms with van der Waals surface area (Å²) in [6, 6.07) is 18.4. The highest BCUT2D eigenvalue weighted by atomic mass is 16.5. The van der Waals surface area contributed by atoms with Gasteiger partial charge >= 0.3 is 0 Å². The SMILES string of the molecule is O=C(CO)NC1CCN(Cc2ccc3cc(Oc4ccc(-c5ccn[nH]5)cn4)ccc3c2)CC1. The van der Waals surface area contributed by atoms with Crippen LogP contribution in [0.5, 0.6) is 11.6 Å². The number of rotatable bonds is 7. The van der Waals surface area contributed by atoms with Crippen molar-refractivity contribution in [1.29, 1.82) is 0 Å². The highest BCUT2D eigenvalue weighted by Crippen LogP contribution is 2.27. The van der Waals surface area contributed by atoms with Crippen LogP contribution in [-0.2, 0) is 11.3 Å². The summed E-state index contributed by atoms with van der Waals surface area (Å²) in [5.41, 5.74) is 3.13. The van der Waals surface area contributed by atoms with Gasteiger partial charge in [0, 0.05) is 49.7 Å². The average molecular weight is 458 g/mol. The summed E-state index contributed by atoms with van der Waals surface area (Å²) in [5, 5.41) is 20.9. The molecule has 1 aliphatic rings. The van der Waals surface area contributed by atoms with Crippen LogP contribution in [0.2, 0.25) is 0 Å². The molecule has 3 heterocycles. The first-order chi connectivity index (χ1) is 16.7. The number of aromatic amines is 1. The number of fused-ring (bicyclic) bond motifs is 1. The Balaban J connectivity index is 1.20. The van der Waals surface area contributed by atoms with E-state index in [1.165, 1.54) is 5.56 Å². The van der Waals surface area contributed by atoms with E-state index >= 15 is 0 Å². The van der Waals surface area contributed by atoms with Gasteiger partial charge in [0.1, 0.15) is 12.4 Å². The number of carbonyl (C=O) groups is 1. The fourth-order valence-electron chi connectivity index (χ4n) is 4.34. The lowest BCUT2D eigenvalue weighted by Gasteiger charge is -2.32. The van der Waals surface area contributed by atoms with E-state index < -0.39 is 6.61 Å². The molecule has 2 aromatic carbocycles. The Hall–Kier alpha value is -3.75. The van der Waals surface area contributed by atoms with Crippen molar-refractivity contribution in [2.45, 2.75) is 25.4 Å². The topological polar surface area (TPSA) is 103 Å². The fourth-order valence-corrected chi connectivity index (χ4v) is 4.34. The molecule has 1 saturated heterocycles. The first-order valence-corrected chi connectivity index (χ1v) is 11.5. The molecule has 0 atom stereocenters. The zero-order valence-corrected chi connectivity index (χ0v) is 18.8. The molecule has 1 amide bonds. The van der Waals surface area contributed by atoms with Crippen LogP contribution in [0.3, 0.4) is 0 Å². The minimum absolute atomic E-state index is 0.155. The Morgan fingerprint density at radius 2 is 1.91 bits per heavy atom. The van der Waals surface area contributed by atoms with Crippen molar-refractivity contribution in [3.8, 4) is 22.9 Å². The minimum atomic E-state index is -0.446. The van der Waals surface area contributed by atoms with Gasteiger partial charge in [-0.05, 0) is 59.5 Å². The summed E-state index contributed by atoms with van der Waals surface area (Å²) in [5.74, 6) is 0.991. The number of piperidine rings is 1. The van der Waals surface area contributed by atoms with Crippen LogP contribution in [0, 0.1) is 0 Å². The second-order valence-electron chi connectivity index (χ2n) is 8.58. The van der Waals surface area contributed by atoms with E-state index in [1.807, 2.05) is 30.3 Å². The van der Waals surface area contributed by atoms with Crippen molar-refractivity contribution in [3.05, 3.63) is 72.6 Å². The molecule has 2 aromatic heterocycles. The number of hydrogen-bond donors (Lipinski definition) is 3. The summed E-state index contributed by atoms with van der Waals surface area (Å²) in [6.45, 7) is 2.28. The maximum Gasteiger partial charge on any atom is 0.245 e. The second kappa shape index (κ2) is 10.0. The number of nitrogens with zero attached hydrogens (tertiary/aromatic N) is 3. The van der Waals surface area contributed by atoms with Crippen molar-refractivity contribution in [1.82, 2.24) is 25.4 Å². The number of likely N-dealkylation sites (tertiary alicyclic amines) is 1. The van der Waals surface area contributed by atoms with Crippen LogP contribution < -0.4 is 10.1 Å². The number of benzene rings is 2. The summed E-state index contributed by atoms with van der Waals surface area (Å²) in [7, 11) is 0. The van der Waals surface area contributed by atoms with Crippen molar-refractivity contribution < 1.29 is 14.6 Å². The number of aliphatic hydroxyl groups excluding tert-OH is 1. The number of amides is 1. The van der Waals surface area contributed by atoms with E-state index in [0.29, 0.717) is 5.88 Å². The van der Waals surface area contributed by atoms with Gasteiger partial charge in [-0.15, -0.1) is 0 Å². The number of H-pyrrole nitrogens is 1. The fraction of sp³-hybridized carbons (Fsp3) is 0.269. The van der Waals surface area contributed by atoms with E-state index in [-0.39, 0.29) is 11.9 Å². The molecule has 0 saturated carbocycles. The molecule has 0 spiro atoms. The van der Waals surface area contributed by atoms with Gasteiger partial charge < -0.3 is 15.2 Å². The number of carbonyl (C=O) groups excluding carboxylic acids is 1. The molecule has 34 heavy (non-hydrogen) atoms. The zero-order chi connectivity index (χ0) is 23.3. The quantitative estimate of drug-likeness (QED) is 0.393. The summed E-state index contributed by atoms with van der Waals surface area (Å²) in [4.78, 5) is 18.2. The van der Waals surface area contributed by atoms with Gasteiger partial charge in [-0.1, -0.05) is 18.2 Å². The minimum Gasteiger partial charge on any atom is -0.439 e. The van der Waals surface area contributed by atoms with Crippen LogP contribution in [0.25, 0.3) is 22.0 Å². The molecule has 5 rings (SSSR count). The predicted molar refractivity (Wildman–Crippen MR) is 129 cm³/mol. The normalized spacial score (nSPS) is 14.9. The molecular formula is C26H27N5O3. The molecule has 1 aliphatic heterocycles. The highest BCUT2D eigenvalue weighted by Gasteiger charge is 2.20. The van der Waals surface area contributed by atoms with Crippen LogP contribution in [-0.4, -0.2) is 56.8 Å². The average Bonchev–Trinajstić information content (AvgIpc) is 3.41. The van der Waals surface area contributed by atoms with Gasteiger partial charge in [0.05, 0.1) is 5.69 Å².